The SMILES string of the molecule is O=CNc1csc(OCCC(O)O)n1. The maximum Gasteiger partial charge on any atom is 0.275 e. The Morgan fingerprint density at radius 3 is 3.14 bits per heavy atom. The van der Waals surface area contributed by atoms with Gasteiger partial charge in [-0.1, -0.05) is 11.3 Å². The molecule has 0 atom stereocenters. The number of carbonyl (C=O) groups excluding carboxylic acids is 1. The molecular formula is C7H10N2O4S. The van der Waals surface area contributed by atoms with Crippen LogP contribution in [-0.2, 0) is 4.79 Å². The molecule has 0 unspecified atom stereocenters. The van der Waals surface area contributed by atoms with E-state index < -0.39 is 6.29 Å². The third kappa shape index (κ3) is 3.69. The Bertz CT molecular complexity index is 289. The van der Waals surface area contributed by atoms with Gasteiger partial charge in [0.05, 0.1) is 6.61 Å². The first kappa shape index (κ1) is 10.9. The standard InChI is InChI=1S/C7H10N2O4S/c10-4-8-5-3-14-7(9-5)13-2-1-6(11)12/h3-4,6,11-12H,1-2H2,(H,8,10). The number of carbonyl (C=O) groups is 1. The number of aliphatic hydroxyl groups excluding tert-OH is 1. The predicted molar refractivity (Wildman–Crippen MR) is 50.1 cm³/mol. The van der Waals surface area contributed by atoms with E-state index in [9.17, 15) is 4.79 Å². The van der Waals surface area contributed by atoms with Crippen LogP contribution < -0.4 is 10.1 Å². The van der Waals surface area contributed by atoms with Gasteiger partial charge in [-0.2, -0.15) is 4.98 Å². The number of anilines is 1. The number of aromatic nitrogens is 1. The Kier molecular flexibility index (Phi) is 4.30. The minimum atomic E-state index is -1.37. The molecule has 6 nitrogen and oxygen atoms in total. The molecule has 0 aromatic carbocycles. The topological polar surface area (TPSA) is 91.7 Å². The molecule has 0 saturated carbocycles. The average molecular weight is 218 g/mol. The Morgan fingerprint density at radius 1 is 1.71 bits per heavy atom. The molecule has 78 valence electrons. The van der Waals surface area contributed by atoms with Crippen molar-refractivity contribution in [1.82, 2.24) is 4.98 Å². The molecule has 0 saturated heterocycles. The molecular weight excluding hydrogens is 208 g/mol. The van der Waals surface area contributed by atoms with Crippen molar-refractivity contribution in [3.05, 3.63) is 5.38 Å². The van der Waals surface area contributed by atoms with Gasteiger partial charge in [0.25, 0.3) is 5.19 Å². The number of hydrogen-bond donors (Lipinski definition) is 3. The summed E-state index contributed by atoms with van der Waals surface area (Å²) in [5.74, 6) is 0.421. The van der Waals surface area contributed by atoms with E-state index in [-0.39, 0.29) is 13.0 Å². The van der Waals surface area contributed by atoms with Crippen LogP contribution >= 0.6 is 11.3 Å². The monoisotopic (exact) mass is 218 g/mol. The first-order valence-corrected chi connectivity index (χ1v) is 4.75. The lowest BCUT2D eigenvalue weighted by molar-refractivity contribution is -0.105. The van der Waals surface area contributed by atoms with Gasteiger partial charge in [-0.3, -0.25) is 4.79 Å². The van der Waals surface area contributed by atoms with Crippen LogP contribution in [0.5, 0.6) is 5.19 Å². The number of nitrogens with zero attached hydrogens (tertiary/aromatic N) is 1. The molecule has 1 aromatic rings. The first-order valence-electron chi connectivity index (χ1n) is 3.87. The Balaban J connectivity index is 2.32. The molecule has 1 amide bonds. The highest BCUT2D eigenvalue weighted by Crippen LogP contribution is 2.21. The van der Waals surface area contributed by atoms with Crippen LogP contribution in [0.25, 0.3) is 0 Å². The van der Waals surface area contributed by atoms with Gasteiger partial charge in [-0.15, -0.1) is 0 Å². The van der Waals surface area contributed by atoms with Gasteiger partial charge in [0.2, 0.25) is 6.41 Å². The summed E-state index contributed by atoms with van der Waals surface area (Å²) in [6.07, 6.45) is -0.727. The summed E-state index contributed by atoms with van der Waals surface area (Å²) in [7, 11) is 0. The normalized spacial score (nSPS) is 10.2. The van der Waals surface area contributed by atoms with E-state index in [1.54, 1.807) is 5.38 Å². The van der Waals surface area contributed by atoms with E-state index in [2.05, 4.69) is 10.3 Å². The summed E-state index contributed by atoms with van der Waals surface area (Å²) < 4.78 is 5.08. The number of nitrogens with one attached hydrogen (secondary N) is 1. The van der Waals surface area contributed by atoms with Crippen LogP contribution in [0.3, 0.4) is 0 Å². The molecule has 1 aromatic heterocycles. The quantitative estimate of drug-likeness (QED) is 0.454. The highest BCUT2D eigenvalue weighted by atomic mass is 32.1. The van der Waals surface area contributed by atoms with Crippen LogP contribution in [0.2, 0.25) is 0 Å². The van der Waals surface area contributed by atoms with E-state index >= 15 is 0 Å². The Morgan fingerprint density at radius 2 is 2.50 bits per heavy atom. The molecule has 0 bridgehead atoms. The van der Waals surface area contributed by atoms with Gasteiger partial charge >= 0.3 is 0 Å². The summed E-state index contributed by atoms with van der Waals surface area (Å²) >= 11 is 1.22. The smallest absolute Gasteiger partial charge is 0.275 e. The van der Waals surface area contributed by atoms with Crippen molar-refractivity contribution >= 4 is 23.6 Å². The van der Waals surface area contributed by atoms with Gasteiger partial charge in [0, 0.05) is 11.8 Å². The summed E-state index contributed by atoms with van der Waals surface area (Å²) in [4.78, 5) is 13.9. The van der Waals surface area contributed by atoms with E-state index in [1.165, 1.54) is 11.3 Å². The van der Waals surface area contributed by atoms with Crippen LogP contribution in [0.4, 0.5) is 5.82 Å². The second-order valence-electron chi connectivity index (χ2n) is 2.38. The first-order chi connectivity index (χ1) is 6.72. The molecule has 0 fully saturated rings. The van der Waals surface area contributed by atoms with Crippen LogP contribution in [0, 0.1) is 0 Å². The number of amides is 1. The van der Waals surface area contributed by atoms with Crippen LogP contribution in [0.15, 0.2) is 5.38 Å². The zero-order valence-electron chi connectivity index (χ0n) is 7.21. The van der Waals surface area contributed by atoms with E-state index in [0.29, 0.717) is 17.4 Å². The zero-order valence-corrected chi connectivity index (χ0v) is 8.03. The van der Waals surface area contributed by atoms with Crippen molar-refractivity contribution in [3.8, 4) is 5.19 Å². The molecule has 1 rings (SSSR count). The van der Waals surface area contributed by atoms with Crippen molar-refractivity contribution in [2.75, 3.05) is 11.9 Å². The lowest BCUT2D eigenvalue weighted by atomic mass is 10.4. The second-order valence-corrected chi connectivity index (χ2v) is 3.20. The fourth-order valence-corrected chi connectivity index (χ4v) is 1.34. The molecule has 0 aliphatic heterocycles. The maximum atomic E-state index is 10.0. The largest absolute Gasteiger partial charge is 0.470 e. The van der Waals surface area contributed by atoms with Crippen molar-refractivity contribution in [2.45, 2.75) is 12.7 Å². The summed E-state index contributed by atoms with van der Waals surface area (Å²) in [5.41, 5.74) is 0. The van der Waals surface area contributed by atoms with E-state index in [1.807, 2.05) is 0 Å². The molecule has 1 heterocycles. The van der Waals surface area contributed by atoms with Crippen molar-refractivity contribution in [3.63, 3.8) is 0 Å². The lowest BCUT2D eigenvalue weighted by Crippen LogP contribution is -2.10. The number of rotatable bonds is 6. The highest BCUT2D eigenvalue weighted by molar-refractivity contribution is 7.11. The fourth-order valence-electron chi connectivity index (χ4n) is 0.702. The average Bonchev–Trinajstić information content (AvgIpc) is 2.53. The highest BCUT2D eigenvalue weighted by Gasteiger charge is 2.03. The van der Waals surface area contributed by atoms with Crippen molar-refractivity contribution in [2.24, 2.45) is 0 Å². The van der Waals surface area contributed by atoms with Crippen molar-refractivity contribution < 1.29 is 19.7 Å². The minimum absolute atomic E-state index is 0.121. The molecule has 14 heavy (non-hydrogen) atoms. The predicted octanol–water partition coefficient (Wildman–Crippen LogP) is -0.209. The third-order valence-electron chi connectivity index (χ3n) is 1.29. The summed E-state index contributed by atoms with van der Waals surface area (Å²) in [6, 6.07) is 0. The van der Waals surface area contributed by atoms with E-state index in [0.717, 1.165) is 0 Å². The number of ether oxygens (including phenoxy) is 1. The van der Waals surface area contributed by atoms with Gasteiger partial charge < -0.3 is 20.3 Å². The Hall–Kier alpha value is -1.18. The number of aliphatic hydroxyl groups is 2. The van der Waals surface area contributed by atoms with E-state index in [4.69, 9.17) is 14.9 Å². The third-order valence-corrected chi connectivity index (χ3v) is 2.04. The van der Waals surface area contributed by atoms with Gasteiger partial charge in [-0.05, 0) is 0 Å². The molecule has 0 spiro atoms. The van der Waals surface area contributed by atoms with Crippen LogP contribution in [-0.4, -0.2) is 34.5 Å². The zero-order chi connectivity index (χ0) is 10.4. The van der Waals surface area contributed by atoms with Crippen molar-refractivity contribution in [1.29, 1.82) is 0 Å². The second kappa shape index (κ2) is 5.53. The molecule has 0 aliphatic rings. The maximum absolute atomic E-state index is 10.0. The summed E-state index contributed by atoms with van der Waals surface area (Å²) in [5, 5.41) is 21.4. The Labute approximate surface area is 84.2 Å². The summed E-state index contributed by atoms with van der Waals surface area (Å²) in [6.45, 7) is 0.172. The van der Waals surface area contributed by atoms with Crippen LogP contribution in [0.1, 0.15) is 6.42 Å². The molecule has 0 radical (unpaired) electrons. The number of thiazole rings is 1. The number of hydrogen-bond acceptors (Lipinski definition) is 6. The van der Waals surface area contributed by atoms with Gasteiger partial charge in [0.1, 0.15) is 5.82 Å². The van der Waals surface area contributed by atoms with Gasteiger partial charge in [0.15, 0.2) is 6.29 Å². The fraction of sp³-hybridized carbons (Fsp3) is 0.429. The van der Waals surface area contributed by atoms with Gasteiger partial charge in [-0.25, -0.2) is 0 Å². The minimum Gasteiger partial charge on any atom is -0.470 e. The lowest BCUT2D eigenvalue weighted by Gasteiger charge is -2.02. The molecule has 7 heteroatoms. The molecule has 3 N–H and O–H groups in total. The molecule has 0 aliphatic carbocycles.